The largest absolute Gasteiger partial charge is 0.457 e. The van der Waals surface area contributed by atoms with Gasteiger partial charge in [0.25, 0.3) is 0 Å². The van der Waals surface area contributed by atoms with E-state index in [0.717, 1.165) is 72.2 Å². The van der Waals surface area contributed by atoms with Crippen molar-refractivity contribution < 1.29 is 9.15 Å². The van der Waals surface area contributed by atoms with E-state index < -0.39 is 5.41 Å². The van der Waals surface area contributed by atoms with E-state index in [-0.39, 0.29) is 0 Å². The van der Waals surface area contributed by atoms with E-state index in [1.807, 2.05) is 18.2 Å². The van der Waals surface area contributed by atoms with Crippen molar-refractivity contribution in [2.24, 2.45) is 0 Å². The molecule has 1 aliphatic heterocycles. The number of para-hydroxylation sites is 3. The van der Waals surface area contributed by atoms with Gasteiger partial charge in [0.15, 0.2) is 5.58 Å². The van der Waals surface area contributed by atoms with Crippen LogP contribution in [0, 0.1) is 0 Å². The van der Waals surface area contributed by atoms with E-state index in [1.54, 1.807) is 0 Å². The van der Waals surface area contributed by atoms with Crippen LogP contribution in [0.1, 0.15) is 22.3 Å². The van der Waals surface area contributed by atoms with Crippen LogP contribution in [0.2, 0.25) is 0 Å². The van der Waals surface area contributed by atoms with Crippen LogP contribution in [0.3, 0.4) is 0 Å². The molecule has 0 amide bonds. The van der Waals surface area contributed by atoms with Crippen molar-refractivity contribution in [3.05, 3.63) is 222 Å². The van der Waals surface area contributed by atoms with Gasteiger partial charge >= 0.3 is 0 Å². The fraction of sp³-hybridized carbons (Fsp3) is 0.0169. The van der Waals surface area contributed by atoms with Crippen molar-refractivity contribution >= 4 is 76.2 Å². The van der Waals surface area contributed by atoms with Gasteiger partial charge in [-0.25, -0.2) is 9.97 Å². The lowest BCUT2D eigenvalue weighted by molar-refractivity contribution is 0.437. The molecule has 0 N–H and O–H groups in total. The van der Waals surface area contributed by atoms with Crippen LogP contribution in [0.5, 0.6) is 11.5 Å². The molecule has 10 aromatic carbocycles. The Balaban J connectivity index is 1.04. The predicted octanol–water partition coefficient (Wildman–Crippen LogP) is 15.1. The van der Waals surface area contributed by atoms with Crippen LogP contribution in [0.25, 0.3) is 105 Å². The Morgan fingerprint density at radius 1 is 0.391 bits per heavy atom. The number of benzene rings is 10. The van der Waals surface area contributed by atoms with E-state index in [1.165, 1.54) is 54.6 Å². The summed E-state index contributed by atoms with van der Waals surface area (Å²) in [4.78, 5) is 11.0. The third kappa shape index (κ3) is 4.28. The van der Waals surface area contributed by atoms with E-state index in [0.29, 0.717) is 11.5 Å². The highest BCUT2D eigenvalue weighted by Gasteiger charge is 2.51. The molecular formula is C59H33N3O2. The van der Waals surface area contributed by atoms with Gasteiger partial charge in [0.1, 0.15) is 28.3 Å². The summed E-state index contributed by atoms with van der Waals surface area (Å²) in [5, 5.41) is 10.4. The summed E-state index contributed by atoms with van der Waals surface area (Å²) in [5.41, 5.74) is 12.6. The molecule has 2 aliphatic rings. The topological polar surface area (TPSA) is 53.1 Å². The quantitative estimate of drug-likeness (QED) is 0.163. The molecule has 64 heavy (non-hydrogen) atoms. The van der Waals surface area contributed by atoms with Crippen molar-refractivity contribution in [1.29, 1.82) is 0 Å². The highest BCUT2D eigenvalue weighted by Crippen LogP contribution is 2.62. The molecule has 0 unspecified atom stereocenters. The lowest BCUT2D eigenvalue weighted by Gasteiger charge is -2.39. The van der Waals surface area contributed by atoms with Gasteiger partial charge in [-0.2, -0.15) is 0 Å². The molecule has 0 saturated heterocycles. The van der Waals surface area contributed by atoms with Gasteiger partial charge in [-0.1, -0.05) is 158 Å². The zero-order valence-electron chi connectivity index (χ0n) is 34.2. The first-order valence-electron chi connectivity index (χ1n) is 21.8. The van der Waals surface area contributed by atoms with Gasteiger partial charge in [0.2, 0.25) is 5.95 Å². The van der Waals surface area contributed by atoms with Gasteiger partial charge in [-0.3, -0.25) is 4.57 Å². The standard InChI is InChI=1S/C59H33N3O2/c1-2-17-37-35(15-1)36-16-3-4-18-38(36)44-31-34(29-30-39(37)44)55-57-56(43-22-8-13-27-52(43)64-57)61-58(60-55)62-50-26-12-7-21-42(50)45-32-49-54(33-51(45)62)63-53-28-14-11-25-48(53)59(49)46-23-9-5-19-40(46)41-20-6-10-24-47(41)59/h1-33H. The fourth-order valence-electron chi connectivity index (χ4n) is 11.5. The molecule has 13 aromatic rings. The number of ether oxygens (including phenoxy) is 1. The average molecular weight is 816 g/mol. The second-order valence-corrected chi connectivity index (χ2v) is 17.2. The molecule has 4 heterocycles. The molecule has 1 aliphatic carbocycles. The normalized spacial score (nSPS) is 13.6. The predicted molar refractivity (Wildman–Crippen MR) is 259 cm³/mol. The monoisotopic (exact) mass is 815 g/mol. The third-order valence-corrected chi connectivity index (χ3v) is 14.1. The molecule has 1 spiro atoms. The molecule has 5 nitrogen and oxygen atoms in total. The Labute approximate surface area is 366 Å². The maximum atomic E-state index is 7.04. The molecule has 15 rings (SSSR count). The molecule has 3 aromatic heterocycles. The number of rotatable bonds is 2. The Kier molecular flexibility index (Phi) is 6.56. The van der Waals surface area contributed by atoms with Crippen LogP contribution in [-0.4, -0.2) is 14.5 Å². The van der Waals surface area contributed by atoms with Gasteiger partial charge < -0.3 is 9.15 Å². The van der Waals surface area contributed by atoms with Crippen molar-refractivity contribution in [2.45, 2.75) is 5.41 Å². The number of nitrogens with zero attached hydrogens (tertiary/aromatic N) is 3. The molecule has 0 fully saturated rings. The highest BCUT2D eigenvalue weighted by atomic mass is 16.5. The van der Waals surface area contributed by atoms with E-state index in [2.05, 4.69) is 187 Å². The van der Waals surface area contributed by atoms with Crippen molar-refractivity contribution in [3.8, 4) is 39.8 Å². The molecule has 296 valence electrons. The minimum absolute atomic E-state index is 0.561. The highest BCUT2D eigenvalue weighted by molar-refractivity contribution is 6.26. The first kappa shape index (κ1) is 34.1. The number of furan rings is 1. The Bertz CT molecular complexity index is 4110. The van der Waals surface area contributed by atoms with Crippen molar-refractivity contribution in [2.75, 3.05) is 0 Å². The summed E-state index contributed by atoms with van der Waals surface area (Å²) in [6.07, 6.45) is 0. The van der Waals surface area contributed by atoms with Gasteiger partial charge in [-0.05, 0) is 91.0 Å². The van der Waals surface area contributed by atoms with Crippen LogP contribution in [-0.2, 0) is 5.41 Å². The fourth-order valence-corrected chi connectivity index (χ4v) is 11.5. The molecular weight excluding hydrogens is 783 g/mol. The molecule has 0 atom stereocenters. The summed E-state index contributed by atoms with van der Waals surface area (Å²) in [6.45, 7) is 0. The number of aromatic nitrogens is 3. The first-order chi connectivity index (χ1) is 31.7. The molecule has 0 saturated carbocycles. The smallest absolute Gasteiger partial charge is 0.236 e. The summed E-state index contributed by atoms with van der Waals surface area (Å²) < 4.78 is 16.0. The Morgan fingerprint density at radius 3 is 1.70 bits per heavy atom. The minimum Gasteiger partial charge on any atom is -0.457 e. The van der Waals surface area contributed by atoms with E-state index in [4.69, 9.17) is 19.1 Å². The lowest BCUT2D eigenvalue weighted by Crippen LogP contribution is -2.32. The zero-order valence-corrected chi connectivity index (χ0v) is 34.2. The van der Waals surface area contributed by atoms with Crippen molar-refractivity contribution in [1.82, 2.24) is 14.5 Å². The van der Waals surface area contributed by atoms with Crippen molar-refractivity contribution in [3.63, 3.8) is 0 Å². The SMILES string of the molecule is c1ccc2c(c1)Oc1cc3c(cc1C21c2ccccc2-c2ccccc21)c1ccccc1n3-c1nc(-c2ccc3c4ccccc4c4ccccc4c3c2)c2oc3ccccc3c2n1. The number of hydrogen-bond donors (Lipinski definition) is 0. The Morgan fingerprint density at radius 2 is 0.969 bits per heavy atom. The number of fused-ring (bicyclic) bond motifs is 21. The Hall–Kier alpha value is -8.54. The zero-order chi connectivity index (χ0) is 41.7. The van der Waals surface area contributed by atoms with Crippen LogP contribution < -0.4 is 4.74 Å². The minimum atomic E-state index is -0.585. The second kappa shape index (κ2) is 12.3. The summed E-state index contributed by atoms with van der Waals surface area (Å²) >= 11 is 0. The second-order valence-electron chi connectivity index (χ2n) is 17.2. The van der Waals surface area contributed by atoms with Gasteiger partial charge in [0, 0.05) is 38.9 Å². The molecule has 5 heteroatoms. The van der Waals surface area contributed by atoms with Gasteiger partial charge in [0.05, 0.1) is 16.4 Å². The summed E-state index contributed by atoms with van der Waals surface area (Å²) in [5.74, 6) is 2.22. The maximum absolute atomic E-state index is 7.04. The van der Waals surface area contributed by atoms with Crippen LogP contribution in [0.15, 0.2) is 205 Å². The molecule has 0 radical (unpaired) electrons. The van der Waals surface area contributed by atoms with Crippen LogP contribution in [0.4, 0.5) is 0 Å². The summed E-state index contributed by atoms with van der Waals surface area (Å²) in [7, 11) is 0. The van der Waals surface area contributed by atoms with Gasteiger partial charge in [-0.15, -0.1) is 0 Å². The van der Waals surface area contributed by atoms with Crippen LogP contribution >= 0.6 is 0 Å². The molecule has 0 bridgehead atoms. The van der Waals surface area contributed by atoms with E-state index in [9.17, 15) is 0 Å². The average Bonchev–Trinajstić information content (AvgIpc) is 3.99. The maximum Gasteiger partial charge on any atom is 0.236 e. The third-order valence-electron chi connectivity index (χ3n) is 14.1. The number of hydrogen-bond acceptors (Lipinski definition) is 4. The lowest BCUT2D eigenvalue weighted by atomic mass is 9.66. The first-order valence-corrected chi connectivity index (χ1v) is 21.8. The summed E-state index contributed by atoms with van der Waals surface area (Å²) in [6, 6.07) is 71.7. The van der Waals surface area contributed by atoms with E-state index >= 15 is 0 Å².